The highest BCUT2D eigenvalue weighted by Crippen LogP contribution is 2.33. The van der Waals surface area contributed by atoms with Gasteiger partial charge in [0.2, 0.25) is 0 Å². The predicted molar refractivity (Wildman–Crippen MR) is 82.4 cm³/mol. The summed E-state index contributed by atoms with van der Waals surface area (Å²) in [5.74, 6) is 0.985. The molecule has 0 fully saturated rings. The van der Waals surface area contributed by atoms with E-state index in [0.29, 0.717) is 0 Å². The molecule has 0 bridgehead atoms. The first-order chi connectivity index (χ1) is 10.0. The van der Waals surface area contributed by atoms with Crippen molar-refractivity contribution < 1.29 is 4.92 Å². The van der Waals surface area contributed by atoms with E-state index in [4.69, 9.17) is 0 Å². The molecule has 1 aromatic heterocycles. The first kappa shape index (κ1) is 14.9. The van der Waals surface area contributed by atoms with Gasteiger partial charge in [0, 0.05) is 29.8 Å². The minimum atomic E-state index is -0.398. The standard InChI is InChI=1S/C15H18N4O2/c1-4-16-15-13(10(2)3)14(17-9-18-15)11-6-5-7-12(8-11)19(20)21/h5-10H,4H2,1-3H3,(H,16,17,18). The maximum atomic E-state index is 10.9. The topological polar surface area (TPSA) is 81.0 Å². The molecule has 0 aliphatic heterocycles. The number of nitrogens with zero attached hydrogens (tertiary/aromatic N) is 3. The Labute approximate surface area is 123 Å². The summed E-state index contributed by atoms with van der Waals surface area (Å²) in [6.07, 6.45) is 1.48. The van der Waals surface area contributed by atoms with Gasteiger partial charge in [-0.3, -0.25) is 10.1 Å². The molecule has 1 heterocycles. The highest BCUT2D eigenvalue weighted by atomic mass is 16.6. The van der Waals surface area contributed by atoms with E-state index in [1.165, 1.54) is 12.4 Å². The number of aromatic nitrogens is 2. The maximum Gasteiger partial charge on any atom is 0.270 e. The average molecular weight is 286 g/mol. The minimum Gasteiger partial charge on any atom is -0.370 e. The molecule has 110 valence electrons. The van der Waals surface area contributed by atoms with Gasteiger partial charge in [-0.15, -0.1) is 0 Å². The van der Waals surface area contributed by atoms with Crippen molar-refractivity contribution in [3.63, 3.8) is 0 Å². The number of hydrogen-bond acceptors (Lipinski definition) is 5. The molecule has 1 N–H and O–H groups in total. The van der Waals surface area contributed by atoms with Gasteiger partial charge >= 0.3 is 0 Å². The molecule has 2 aromatic rings. The monoisotopic (exact) mass is 286 g/mol. The van der Waals surface area contributed by atoms with Crippen LogP contribution in [0.1, 0.15) is 32.3 Å². The molecule has 6 nitrogen and oxygen atoms in total. The summed E-state index contributed by atoms with van der Waals surface area (Å²) >= 11 is 0. The number of hydrogen-bond donors (Lipinski definition) is 1. The Kier molecular flexibility index (Phi) is 4.47. The molecule has 0 atom stereocenters. The summed E-state index contributed by atoms with van der Waals surface area (Å²) < 4.78 is 0. The lowest BCUT2D eigenvalue weighted by atomic mass is 9.97. The summed E-state index contributed by atoms with van der Waals surface area (Å²) in [7, 11) is 0. The van der Waals surface area contributed by atoms with Crippen LogP contribution >= 0.6 is 0 Å². The van der Waals surface area contributed by atoms with E-state index in [2.05, 4.69) is 29.1 Å². The lowest BCUT2D eigenvalue weighted by Gasteiger charge is -2.16. The van der Waals surface area contributed by atoms with E-state index in [0.717, 1.165) is 29.2 Å². The molecule has 6 heteroatoms. The van der Waals surface area contributed by atoms with Crippen LogP contribution in [0, 0.1) is 10.1 Å². The Balaban J connectivity index is 2.60. The van der Waals surface area contributed by atoms with E-state index in [1.54, 1.807) is 12.1 Å². The van der Waals surface area contributed by atoms with Crippen LogP contribution in [-0.4, -0.2) is 21.4 Å². The van der Waals surface area contributed by atoms with Crippen molar-refractivity contribution in [2.24, 2.45) is 0 Å². The van der Waals surface area contributed by atoms with E-state index in [1.807, 2.05) is 13.0 Å². The molecule has 0 spiro atoms. The molecule has 1 aromatic carbocycles. The van der Waals surface area contributed by atoms with Crippen molar-refractivity contribution >= 4 is 11.5 Å². The Hall–Kier alpha value is -2.50. The van der Waals surface area contributed by atoms with Gasteiger partial charge in [0.25, 0.3) is 5.69 Å². The molecule has 0 aliphatic rings. The van der Waals surface area contributed by atoms with Crippen molar-refractivity contribution in [3.05, 3.63) is 46.3 Å². The van der Waals surface area contributed by atoms with Crippen LogP contribution in [0.5, 0.6) is 0 Å². The van der Waals surface area contributed by atoms with Gasteiger partial charge in [-0.25, -0.2) is 9.97 Å². The number of nitro groups is 1. The zero-order valence-electron chi connectivity index (χ0n) is 12.3. The Morgan fingerprint density at radius 2 is 2.10 bits per heavy atom. The molecule has 0 amide bonds. The number of nitrogens with one attached hydrogen (secondary N) is 1. The fourth-order valence-electron chi connectivity index (χ4n) is 2.25. The number of non-ortho nitro benzene ring substituents is 1. The third-order valence-corrected chi connectivity index (χ3v) is 3.14. The molecule has 0 unspecified atom stereocenters. The number of benzene rings is 1. The second kappa shape index (κ2) is 6.30. The summed E-state index contributed by atoms with van der Waals surface area (Å²) in [6, 6.07) is 6.53. The smallest absolute Gasteiger partial charge is 0.270 e. The van der Waals surface area contributed by atoms with Gasteiger partial charge in [-0.05, 0) is 12.8 Å². The molecule has 0 saturated heterocycles. The van der Waals surface area contributed by atoms with E-state index in [-0.39, 0.29) is 11.6 Å². The lowest BCUT2D eigenvalue weighted by Crippen LogP contribution is -2.07. The van der Waals surface area contributed by atoms with Crippen molar-refractivity contribution in [1.29, 1.82) is 0 Å². The SMILES string of the molecule is CCNc1ncnc(-c2cccc([N+](=O)[O-])c2)c1C(C)C. The van der Waals surface area contributed by atoms with Crippen LogP contribution in [0.4, 0.5) is 11.5 Å². The molecular formula is C15H18N4O2. The first-order valence-corrected chi connectivity index (χ1v) is 6.88. The van der Waals surface area contributed by atoms with Crippen molar-refractivity contribution in [2.45, 2.75) is 26.7 Å². The van der Waals surface area contributed by atoms with Crippen LogP contribution in [0.25, 0.3) is 11.3 Å². The van der Waals surface area contributed by atoms with Gasteiger partial charge in [-0.1, -0.05) is 26.0 Å². The predicted octanol–water partition coefficient (Wildman–Crippen LogP) is 3.61. The summed E-state index contributed by atoms with van der Waals surface area (Å²) in [5, 5.41) is 14.2. The first-order valence-electron chi connectivity index (χ1n) is 6.88. The normalized spacial score (nSPS) is 10.7. The van der Waals surface area contributed by atoms with Gasteiger partial charge in [-0.2, -0.15) is 0 Å². The largest absolute Gasteiger partial charge is 0.370 e. The minimum absolute atomic E-state index is 0.0609. The average Bonchev–Trinajstić information content (AvgIpc) is 2.47. The second-order valence-electron chi connectivity index (χ2n) is 4.98. The van der Waals surface area contributed by atoms with Crippen LogP contribution < -0.4 is 5.32 Å². The lowest BCUT2D eigenvalue weighted by molar-refractivity contribution is -0.384. The molecule has 0 radical (unpaired) electrons. The Morgan fingerprint density at radius 3 is 2.71 bits per heavy atom. The van der Waals surface area contributed by atoms with Crippen LogP contribution in [0.3, 0.4) is 0 Å². The molecule has 2 rings (SSSR count). The van der Waals surface area contributed by atoms with E-state index < -0.39 is 4.92 Å². The Bertz CT molecular complexity index is 656. The summed E-state index contributed by atoms with van der Waals surface area (Å²) in [6.45, 7) is 6.87. The number of nitro benzene ring substituents is 1. The quantitative estimate of drug-likeness (QED) is 0.670. The zero-order chi connectivity index (χ0) is 15.4. The van der Waals surface area contributed by atoms with Gasteiger partial charge in [0.05, 0.1) is 10.6 Å². The van der Waals surface area contributed by atoms with Gasteiger partial charge in [0.15, 0.2) is 0 Å². The van der Waals surface area contributed by atoms with Crippen molar-refractivity contribution in [1.82, 2.24) is 9.97 Å². The fourth-order valence-corrected chi connectivity index (χ4v) is 2.25. The fraction of sp³-hybridized carbons (Fsp3) is 0.333. The summed E-state index contributed by atoms with van der Waals surface area (Å²) in [4.78, 5) is 19.2. The van der Waals surface area contributed by atoms with Crippen LogP contribution in [0.2, 0.25) is 0 Å². The highest BCUT2D eigenvalue weighted by Gasteiger charge is 2.17. The van der Waals surface area contributed by atoms with Crippen molar-refractivity contribution in [3.8, 4) is 11.3 Å². The summed E-state index contributed by atoms with van der Waals surface area (Å²) in [5.41, 5.74) is 2.50. The van der Waals surface area contributed by atoms with Crippen molar-refractivity contribution in [2.75, 3.05) is 11.9 Å². The van der Waals surface area contributed by atoms with Gasteiger partial charge in [0.1, 0.15) is 12.1 Å². The van der Waals surface area contributed by atoms with Gasteiger partial charge < -0.3 is 5.32 Å². The third kappa shape index (κ3) is 3.16. The Morgan fingerprint density at radius 1 is 1.33 bits per heavy atom. The zero-order valence-corrected chi connectivity index (χ0v) is 12.3. The van der Waals surface area contributed by atoms with E-state index >= 15 is 0 Å². The van der Waals surface area contributed by atoms with Crippen LogP contribution in [0.15, 0.2) is 30.6 Å². The number of rotatable bonds is 5. The molecule has 0 aliphatic carbocycles. The third-order valence-electron chi connectivity index (χ3n) is 3.14. The highest BCUT2D eigenvalue weighted by molar-refractivity contribution is 5.70. The molecule has 21 heavy (non-hydrogen) atoms. The maximum absolute atomic E-state index is 10.9. The second-order valence-corrected chi connectivity index (χ2v) is 4.98. The van der Waals surface area contributed by atoms with Crippen LogP contribution in [-0.2, 0) is 0 Å². The van der Waals surface area contributed by atoms with E-state index in [9.17, 15) is 10.1 Å². The molecular weight excluding hydrogens is 268 g/mol. The number of anilines is 1. The molecule has 0 saturated carbocycles.